The quantitative estimate of drug-likeness (QED) is 0.807. The Balaban J connectivity index is 2.54. The first kappa shape index (κ1) is 13.2. The van der Waals surface area contributed by atoms with Crippen molar-refractivity contribution < 1.29 is 0 Å². The summed E-state index contributed by atoms with van der Waals surface area (Å²) >= 11 is 3.75. The average Bonchev–Trinajstić information content (AvgIpc) is 2.60. The molecule has 0 aromatic heterocycles. The highest BCUT2D eigenvalue weighted by molar-refractivity contribution is 8.14. The molecule has 88 valence electrons. The Hall–Kier alpha value is 0.170. The van der Waals surface area contributed by atoms with Gasteiger partial charge in [-0.1, -0.05) is 25.6 Å². The molecule has 4 heteroatoms. The first-order valence-electron chi connectivity index (χ1n) is 5.61. The number of nitrogens with zero attached hydrogens (tertiary/aromatic N) is 1. The molecule has 1 heterocycles. The summed E-state index contributed by atoms with van der Waals surface area (Å²) in [6.45, 7) is 6.72. The van der Waals surface area contributed by atoms with Crippen molar-refractivity contribution in [3.05, 3.63) is 0 Å². The second-order valence-electron chi connectivity index (χ2n) is 4.28. The first-order chi connectivity index (χ1) is 7.13. The summed E-state index contributed by atoms with van der Waals surface area (Å²) < 4.78 is 0. The zero-order valence-corrected chi connectivity index (χ0v) is 11.8. The van der Waals surface area contributed by atoms with Gasteiger partial charge in [-0.05, 0) is 26.0 Å². The van der Waals surface area contributed by atoms with Gasteiger partial charge in [0.25, 0.3) is 0 Å². The molecule has 1 N–H and O–H groups in total. The van der Waals surface area contributed by atoms with Crippen LogP contribution in [0.1, 0.15) is 33.6 Å². The van der Waals surface area contributed by atoms with Gasteiger partial charge in [0.2, 0.25) is 0 Å². The van der Waals surface area contributed by atoms with Gasteiger partial charge in [0.15, 0.2) is 5.17 Å². The number of aliphatic imine (C=N–C) groups is 1. The molecule has 0 aromatic carbocycles. The average molecular weight is 246 g/mol. The fraction of sp³-hybridized carbons (Fsp3) is 0.909. The number of nitrogens with one attached hydrogen (secondary N) is 1. The first-order valence-corrected chi connectivity index (χ1v) is 7.99. The van der Waals surface area contributed by atoms with E-state index in [1.165, 1.54) is 6.42 Å². The van der Waals surface area contributed by atoms with Crippen LogP contribution in [0.4, 0.5) is 0 Å². The maximum absolute atomic E-state index is 4.77. The molecule has 2 unspecified atom stereocenters. The van der Waals surface area contributed by atoms with E-state index in [2.05, 4.69) is 32.3 Å². The Morgan fingerprint density at radius 2 is 2.33 bits per heavy atom. The molecule has 0 aromatic rings. The summed E-state index contributed by atoms with van der Waals surface area (Å²) in [4.78, 5) is 4.77. The topological polar surface area (TPSA) is 24.4 Å². The maximum Gasteiger partial charge on any atom is 0.157 e. The van der Waals surface area contributed by atoms with Crippen LogP contribution < -0.4 is 5.32 Å². The largest absolute Gasteiger partial charge is 0.359 e. The van der Waals surface area contributed by atoms with Crippen LogP contribution in [-0.4, -0.2) is 34.5 Å². The van der Waals surface area contributed by atoms with E-state index in [0.717, 1.165) is 23.1 Å². The highest BCUT2D eigenvalue weighted by Gasteiger charge is 2.30. The zero-order valence-electron chi connectivity index (χ0n) is 10.2. The van der Waals surface area contributed by atoms with E-state index in [9.17, 15) is 0 Å². The number of hydrogen-bond donors (Lipinski definition) is 1. The summed E-state index contributed by atoms with van der Waals surface area (Å²) in [5, 5.41) is 4.70. The Kier molecular flexibility index (Phi) is 5.33. The standard InChI is InChI=1S/C11H22N2S2/c1-5-9(7-14-4)12-10-13-11(3,6-2)8-15-10/h9H,5-8H2,1-4H3,(H,12,13). The molecule has 1 aliphatic rings. The van der Waals surface area contributed by atoms with Gasteiger partial charge in [0.1, 0.15) is 0 Å². The van der Waals surface area contributed by atoms with Gasteiger partial charge in [0.05, 0.1) is 6.04 Å². The number of amidine groups is 1. The highest BCUT2D eigenvalue weighted by Crippen LogP contribution is 2.26. The van der Waals surface area contributed by atoms with Crippen molar-refractivity contribution in [2.75, 3.05) is 17.8 Å². The van der Waals surface area contributed by atoms with Crippen LogP contribution in [0.3, 0.4) is 0 Å². The van der Waals surface area contributed by atoms with E-state index in [-0.39, 0.29) is 5.54 Å². The van der Waals surface area contributed by atoms with Crippen LogP contribution in [0.2, 0.25) is 0 Å². The second-order valence-corrected chi connectivity index (χ2v) is 6.15. The van der Waals surface area contributed by atoms with Gasteiger partial charge in [-0.3, -0.25) is 4.99 Å². The molecule has 0 amide bonds. The van der Waals surface area contributed by atoms with Crippen molar-refractivity contribution in [2.24, 2.45) is 4.99 Å². The predicted octanol–water partition coefficient (Wildman–Crippen LogP) is 2.99. The van der Waals surface area contributed by atoms with Gasteiger partial charge in [-0.25, -0.2) is 0 Å². The molecule has 0 aliphatic carbocycles. The number of hydrogen-bond acceptors (Lipinski definition) is 3. The maximum atomic E-state index is 4.77. The van der Waals surface area contributed by atoms with Crippen LogP contribution in [-0.2, 0) is 0 Å². The molecule has 0 saturated carbocycles. The van der Waals surface area contributed by atoms with Crippen LogP contribution in [0, 0.1) is 0 Å². The van der Waals surface area contributed by atoms with Gasteiger partial charge >= 0.3 is 0 Å². The third-order valence-corrected chi connectivity index (χ3v) is 4.83. The molecule has 15 heavy (non-hydrogen) atoms. The molecule has 1 fully saturated rings. The van der Waals surface area contributed by atoms with E-state index < -0.39 is 0 Å². The van der Waals surface area contributed by atoms with Crippen molar-refractivity contribution in [3.63, 3.8) is 0 Å². The lowest BCUT2D eigenvalue weighted by atomic mass is 10.0. The van der Waals surface area contributed by atoms with Crippen molar-refractivity contribution in [2.45, 2.75) is 45.2 Å². The van der Waals surface area contributed by atoms with E-state index in [1.807, 2.05) is 23.5 Å². The normalized spacial score (nSPS) is 30.5. The monoisotopic (exact) mass is 246 g/mol. The number of rotatable bonds is 5. The third-order valence-electron chi connectivity index (χ3n) is 2.85. The second kappa shape index (κ2) is 6.04. The van der Waals surface area contributed by atoms with Gasteiger partial charge in [0, 0.05) is 17.0 Å². The fourth-order valence-electron chi connectivity index (χ4n) is 1.42. The van der Waals surface area contributed by atoms with Crippen molar-refractivity contribution in [1.82, 2.24) is 5.32 Å². The molecule has 1 saturated heterocycles. The van der Waals surface area contributed by atoms with Crippen LogP contribution in [0.5, 0.6) is 0 Å². The van der Waals surface area contributed by atoms with E-state index in [1.54, 1.807) is 0 Å². The molecule has 0 bridgehead atoms. The van der Waals surface area contributed by atoms with Crippen molar-refractivity contribution >= 4 is 28.7 Å². The van der Waals surface area contributed by atoms with Gasteiger partial charge in [-0.2, -0.15) is 11.8 Å². The van der Waals surface area contributed by atoms with Crippen molar-refractivity contribution in [3.8, 4) is 0 Å². The van der Waals surface area contributed by atoms with Gasteiger partial charge < -0.3 is 5.32 Å². The molecule has 2 nitrogen and oxygen atoms in total. The van der Waals surface area contributed by atoms with E-state index in [4.69, 9.17) is 4.99 Å². The third kappa shape index (κ3) is 3.91. The Labute approximate surface area is 102 Å². The van der Waals surface area contributed by atoms with Gasteiger partial charge in [-0.15, -0.1) is 0 Å². The fourth-order valence-corrected chi connectivity index (χ4v) is 3.39. The van der Waals surface area contributed by atoms with Crippen LogP contribution in [0.25, 0.3) is 0 Å². The summed E-state index contributed by atoms with van der Waals surface area (Å²) in [5.41, 5.74) is 0.265. The molecule has 0 spiro atoms. The molecule has 1 rings (SSSR count). The molecule has 0 radical (unpaired) electrons. The SMILES string of the molecule is CCC(CSC)N=C1NC(C)(CC)CS1. The van der Waals surface area contributed by atoms with Crippen LogP contribution in [0.15, 0.2) is 4.99 Å². The molecular formula is C11H22N2S2. The minimum Gasteiger partial charge on any atom is -0.359 e. The van der Waals surface area contributed by atoms with Crippen LogP contribution >= 0.6 is 23.5 Å². The lowest BCUT2D eigenvalue weighted by Crippen LogP contribution is -2.40. The lowest BCUT2D eigenvalue weighted by Gasteiger charge is -2.21. The van der Waals surface area contributed by atoms with E-state index >= 15 is 0 Å². The Morgan fingerprint density at radius 3 is 2.80 bits per heavy atom. The van der Waals surface area contributed by atoms with Crippen molar-refractivity contribution in [1.29, 1.82) is 0 Å². The molecule has 1 aliphatic heterocycles. The summed E-state index contributed by atoms with van der Waals surface area (Å²) in [6.07, 6.45) is 4.45. The van der Waals surface area contributed by atoms with E-state index in [0.29, 0.717) is 6.04 Å². The summed E-state index contributed by atoms with van der Waals surface area (Å²) in [5.74, 6) is 2.28. The summed E-state index contributed by atoms with van der Waals surface area (Å²) in [6, 6.07) is 0.481. The number of thioether (sulfide) groups is 2. The highest BCUT2D eigenvalue weighted by atomic mass is 32.2. The molecule has 2 atom stereocenters. The predicted molar refractivity (Wildman–Crippen MR) is 74.2 cm³/mol. The lowest BCUT2D eigenvalue weighted by molar-refractivity contribution is 0.465. The zero-order chi connectivity index (χ0) is 11.3. The Morgan fingerprint density at radius 1 is 1.60 bits per heavy atom. The molecular weight excluding hydrogens is 224 g/mol. The Bertz CT molecular complexity index is 231. The minimum atomic E-state index is 0.265. The smallest absolute Gasteiger partial charge is 0.157 e. The minimum absolute atomic E-state index is 0.265. The summed E-state index contributed by atoms with van der Waals surface area (Å²) in [7, 11) is 0.